The predicted octanol–water partition coefficient (Wildman–Crippen LogP) is 1.43. The van der Waals surface area contributed by atoms with Crippen LogP contribution in [0.15, 0.2) is 0 Å². The Kier molecular flexibility index (Phi) is 5.45. The summed E-state index contributed by atoms with van der Waals surface area (Å²) in [6, 6.07) is 0.763. The van der Waals surface area contributed by atoms with Gasteiger partial charge in [-0.15, -0.1) is 0 Å². The summed E-state index contributed by atoms with van der Waals surface area (Å²) >= 11 is 0. The van der Waals surface area contributed by atoms with Crippen LogP contribution in [-0.2, 0) is 10.2 Å². The molecule has 2 fully saturated rings. The summed E-state index contributed by atoms with van der Waals surface area (Å²) in [6.07, 6.45) is 5.58. The van der Waals surface area contributed by atoms with Crippen LogP contribution < -0.4 is 5.32 Å². The first kappa shape index (κ1) is 16.2. The van der Waals surface area contributed by atoms with E-state index in [2.05, 4.69) is 5.32 Å². The van der Waals surface area contributed by atoms with Gasteiger partial charge in [-0.05, 0) is 31.6 Å². The molecular formula is C14H29N3O2S. The van der Waals surface area contributed by atoms with E-state index in [1.165, 1.54) is 17.1 Å². The number of piperidine rings is 1. The zero-order valence-corrected chi connectivity index (χ0v) is 13.8. The summed E-state index contributed by atoms with van der Waals surface area (Å²) in [5, 5.41) is 3.48. The van der Waals surface area contributed by atoms with Crippen molar-refractivity contribution in [2.75, 3.05) is 26.7 Å². The fourth-order valence-electron chi connectivity index (χ4n) is 2.86. The minimum absolute atomic E-state index is 0.129. The summed E-state index contributed by atoms with van der Waals surface area (Å²) in [6.45, 7) is 6.16. The van der Waals surface area contributed by atoms with Crippen LogP contribution in [0.4, 0.5) is 0 Å². The molecule has 1 N–H and O–H groups in total. The lowest BCUT2D eigenvalue weighted by molar-refractivity contribution is 0.227. The number of hydrogen-bond donors (Lipinski definition) is 1. The van der Waals surface area contributed by atoms with Crippen LogP contribution >= 0.6 is 0 Å². The summed E-state index contributed by atoms with van der Waals surface area (Å²) < 4.78 is 28.7. The van der Waals surface area contributed by atoms with Gasteiger partial charge in [0.2, 0.25) is 0 Å². The molecule has 0 amide bonds. The van der Waals surface area contributed by atoms with Gasteiger partial charge < -0.3 is 5.32 Å². The minimum atomic E-state index is -3.31. The van der Waals surface area contributed by atoms with E-state index in [4.69, 9.17) is 0 Å². The maximum absolute atomic E-state index is 12.7. The molecule has 0 bridgehead atoms. The highest BCUT2D eigenvalue weighted by Crippen LogP contribution is 2.24. The lowest BCUT2D eigenvalue weighted by atomic mass is 10.1. The van der Waals surface area contributed by atoms with Gasteiger partial charge in [0.15, 0.2) is 0 Å². The fraction of sp³-hybridized carbons (Fsp3) is 1.00. The van der Waals surface area contributed by atoms with Crippen LogP contribution in [0.1, 0.15) is 46.0 Å². The standard InChI is InChI=1S/C14H29N3O2S/c1-12(2)11-16(3)20(18,19)17-9-5-4-6-14(17)10-15-13-7-8-13/h12-15H,4-11H2,1-3H3. The van der Waals surface area contributed by atoms with Crippen molar-refractivity contribution in [3.63, 3.8) is 0 Å². The molecule has 6 heteroatoms. The van der Waals surface area contributed by atoms with Gasteiger partial charge in [-0.25, -0.2) is 0 Å². The zero-order chi connectivity index (χ0) is 14.8. The highest BCUT2D eigenvalue weighted by molar-refractivity contribution is 7.86. The van der Waals surface area contributed by atoms with Gasteiger partial charge >= 0.3 is 0 Å². The molecular weight excluding hydrogens is 274 g/mol. The van der Waals surface area contributed by atoms with Crippen molar-refractivity contribution in [3.05, 3.63) is 0 Å². The molecule has 0 aromatic carbocycles. The first-order chi connectivity index (χ1) is 9.41. The molecule has 0 aromatic heterocycles. The third-order valence-electron chi connectivity index (χ3n) is 4.11. The Bertz CT molecular complexity index is 407. The van der Waals surface area contributed by atoms with Gasteiger partial charge in [0.1, 0.15) is 0 Å². The molecule has 1 atom stereocenters. The lowest BCUT2D eigenvalue weighted by Gasteiger charge is -2.37. The summed E-state index contributed by atoms with van der Waals surface area (Å²) in [5.74, 6) is 0.350. The molecule has 1 saturated carbocycles. The number of nitrogens with one attached hydrogen (secondary N) is 1. The summed E-state index contributed by atoms with van der Waals surface area (Å²) in [7, 11) is -1.60. The molecule has 0 aromatic rings. The van der Waals surface area contributed by atoms with Crippen LogP contribution in [0, 0.1) is 5.92 Å². The Morgan fingerprint density at radius 2 is 1.95 bits per heavy atom. The predicted molar refractivity (Wildman–Crippen MR) is 81.8 cm³/mol. The minimum Gasteiger partial charge on any atom is -0.312 e. The molecule has 1 aliphatic heterocycles. The zero-order valence-electron chi connectivity index (χ0n) is 13.0. The van der Waals surface area contributed by atoms with Crippen molar-refractivity contribution in [1.29, 1.82) is 0 Å². The first-order valence-corrected chi connectivity index (χ1v) is 9.27. The largest absolute Gasteiger partial charge is 0.312 e. The van der Waals surface area contributed by atoms with E-state index in [1.807, 2.05) is 13.8 Å². The Morgan fingerprint density at radius 3 is 2.55 bits per heavy atom. The van der Waals surface area contributed by atoms with Gasteiger partial charge in [0.25, 0.3) is 10.2 Å². The highest BCUT2D eigenvalue weighted by Gasteiger charge is 2.35. The molecule has 2 aliphatic rings. The van der Waals surface area contributed by atoms with Crippen molar-refractivity contribution in [2.24, 2.45) is 5.92 Å². The van der Waals surface area contributed by atoms with Gasteiger partial charge in [0.05, 0.1) is 0 Å². The van der Waals surface area contributed by atoms with E-state index < -0.39 is 10.2 Å². The smallest absolute Gasteiger partial charge is 0.282 e. The second-order valence-electron chi connectivity index (χ2n) is 6.62. The molecule has 20 heavy (non-hydrogen) atoms. The van der Waals surface area contributed by atoms with Crippen LogP contribution in [0.3, 0.4) is 0 Å². The molecule has 118 valence electrons. The maximum Gasteiger partial charge on any atom is 0.282 e. The van der Waals surface area contributed by atoms with E-state index in [-0.39, 0.29) is 6.04 Å². The van der Waals surface area contributed by atoms with Crippen LogP contribution in [-0.4, -0.2) is 55.8 Å². The maximum atomic E-state index is 12.7. The van der Waals surface area contributed by atoms with E-state index in [0.29, 0.717) is 25.0 Å². The number of rotatable bonds is 7. The topological polar surface area (TPSA) is 52.7 Å². The molecule has 0 spiro atoms. The third-order valence-corrected chi connectivity index (χ3v) is 6.12. The Labute approximate surface area is 123 Å². The number of hydrogen-bond acceptors (Lipinski definition) is 3. The molecule has 1 heterocycles. The van der Waals surface area contributed by atoms with Crippen LogP contribution in [0.2, 0.25) is 0 Å². The fourth-order valence-corrected chi connectivity index (χ4v) is 4.62. The average Bonchev–Trinajstić information content (AvgIpc) is 3.20. The quantitative estimate of drug-likeness (QED) is 0.774. The van der Waals surface area contributed by atoms with Gasteiger partial charge in [-0.3, -0.25) is 0 Å². The van der Waals surface area contributed by atoms with E-state index in [1.54, 1.807) is 11.4 Å². The van der Waals surface area contributed by atoms with E-state index in [0.717, 1.165) is 25.8 Å². The van der Waals surface area contributed by atoms with Crippen LogP contribution in [0.5, 0.6) is 0 Å². The Hall–Kier alpha value is -0.170. The first-order valence-electron chi connectivity index (χ1n) is 7.87. The highest BCUT2D eigenvalue weighted by atomic mass is 32.2. The summed E-state index contributed by atoms with van der Waals surface area (Å²) in [5.41, 5.74) is 0. The van der Waals surface area contributed by atoms with E-state index >= 15 is 0 Å². The third kappa shape index (κ3) is 4.16. The monoisotopic (exact) mass is 303 g/mol. The molecule has 1 saturated heterocycles. The van der Waals surface area contributed by atoms with Crippen molar-refractivity contribution in [2.45, 2.75) is 58.0 Å². The van der Waals surface area contributed by atoms with Gasteiger partial charge in [-0.1, -0.05) is 20.3 Å². The SMILES string of the molecule is CC(C)CN(C)S(=O)(=O)N1CCCCC1CNC1CC1. The van der Waals surface area contributed by atoms with Crippen molar-refractivity contribution in [1.82, 2.24) is 13.9 Å². The Morgan fingerprint density at radius 1 is 1.25 bits per heavy atom. The molecule has 1 unspecified atom stereocenters. The van der Waals surface area contributed by atoms with Crippen molar-refractivity contribution < 1.29 is 8.42 Å². The molecule has 0 radical (unpaired) electrons. The molecule has 1 aliphatic carbocycles. The van der Waals surface area contributed by atoms with E-state index in [9.17, 15) is 8.42 Å². The van der Waals surface area contributed by atoms with Crippen molar-refractivity contribution in [3.8, 4) is 0 Å². The van der Waals surface area contributed by atoms with Crippen molar-refractivity contribution >= 4 is 10.2 Å². The lowest BCUT2D eigenvalue weighted by Crippen LogP contribution is -2.53. The Balaban J connectivity index is 2.00. The second-order valence-corrected chi connectivity index (χ2v) is 8.61. The second kappa shape index (κ2) is 6.73. The summed E-state index contributed by atoms with van der Waals surface area (Å²) in [4.78, 5) is 0. The van der Waals surface area contributed by atoms with Gasteiger partial charge in [-0.2, -0.15) is 17.0 Å². The molecule has 5 nitrogen and oxygen atoms in total. The normalized spacial score (nSPS) is 25.6. The molecule has 2 rings (SSSR count). The number of nitrogens with zero attached hydrogens (tertiary/aromatic N) is 2. The van der Waals surface area contributed by atoms with Crippen LogP contribution in [0.25, 0.3) is 0 Å². The average molecular weight is 303 g/mol. The van der Waals surface area contributed by atoms with Gasteiger partial charge in [0, 0.05) is 38.8 Å².